The van der Waals surface area contributed by atoms with Gasteiger partial charge in [0.1, 0.15) is 0 Å². The highest BCUT2D eigenvalue weighted by molar-refractivity contribution is 6.61. The standard InChI is InChI=1S/C19H21BF3NO3/c1-12(2)4-5-15(10-13(3)19(21,22)23)18(25)24-16-7-6-14-8-9-27-20(26)17(14)11-16/h4-7,10-11,26H,8-9H2,1-3H3,(H,24,25)/b13-10+,15-5+. The van der Waals surface area contributed by atoms with E-state index in [1.165, 1.54) is 6.08 Å². The molecule has 2 N–H and O–H groups in total. The molecule has 4 nitrogen and oxygen atoms in total. The van der Waals surface area contributed by atoms with E-state index in [0.717, 1.165) is 24.1 Å². The summed E-state index contributed by atoms with van der Waals surface area (Å²) in [4.78, 5) is 12.5. The first-order chi connectivity index (χ1) is 12.6. The lowest BCUT2D eigenvalue weighted by Crippen LogP contribution is -2.41. The summed E-state index contributed by atoms with van der Waals surface area (Å²) >= 11 is 0. The van der Waals surface area contributed by atoms with Crippen molar-refractivity contribution < 1.29 is 27.6 Å². The zero-order valence-electron chi connectivity index (χ0n) is 15.4. The second-order valence-electron chi connectivity index (χ2n) is 6.53. The smallest absolute Gasteiger partial charge is 0.423 e. The largest absolute Gasteiger partial charge is 0.491 e. The van der Waals surface area contributed by atoms with Crippen molar-refractivity contribution in [3.05, 3.63) is 58.7 Å². The summed E-state index contributed by atoms with van der Waals surface area (Å²) in [7, 11) is -1.08. The molecule has 1 aliphatic rings. The van der Waals surface area contributed by atoms with Crippen molar-refractivity contribution in [1.82, 2.24) is 0 Å². The Balaban J connectivity index is 2.30. The molecule has 1 amide bonds. The number of anilines is 1. The van der Waals surface area contributed by atoms with E-state index in [1.54, 1.807) is 38.1 Å². The summed E-state index contributed by atoms with van der Waals surface area (Å²) in [5.41, 5.74) is 1.65. The lowest BCUT2D eigenvalue weighted by atomic mass is 9.73. The van der Waals surface area contributed by atoms with Gasteiger partial charge in [-0.1, -0.05) is 17.7 Å². The van der Waals surface area contributed by atoms with Gasteiger partial charge in [-0.05, 0) is 62.5 Å². The second kappa shape index (κ2) is 8.58. The van der Waals surface area contributed by atoms with Gasteiger partial charge < -0.3 is 15.0 Å². The van der Waals surface area contributed by atoms with Crippen molar-refractivity contribution in [2.45, 2.75) is 33.4 Å². The fourth-order valence-electron chi connectivity index (χ4n) is 2.46. The number of nitrogens with one attached hydrogen (secondary N) is 1. The number of hydrogen-bond donors (Lipinski definition) is 2. The molecule has 144 valence electrons. The van der Waals surface area contributed by atoms with Crippen LogP contribution in [0.1, 0.15) is 26.3 Å². The van der Waals surface area contributed by atoms with Crippen LogP contribution in [0, 0.1) is 0 Å². The predicted molar refractivity (Wildman–Crippen MR) is 99.7 cm³/mol. The Kier molecular flexibility index (Phi) is 6.67. The molecule has 1 aromatic carbocycles. The summed E-state index contributed by atoms with van der Waals surface area (Å²) in [6, 6.07) is 4.97. The number of rotatable bonds is 4. The van der Waals surface area contributed by atoms with Crippen molar-refractivity contribution in [3.8, 4) is 0 Å². The number of halogens is 3. The molecule has 0 fully saturated rings. The maximum absolute atomic E-state index is 12.8. The third-order valence-corrected chi connectivity index (χ3v) is 3.99. The van der Waals surface area contributed by atoms with Crippen molar-refractivity contribution in [3.63, 3.8) is 0 Å². The van der Waals surface area contributed by atoms with Gasteiger partial charge in [-0.2, -0.15) is 13.2 Å². The Morgan fingerprint density at radius 1 is 1.26 bits per heavy atom. The van der Waals surface area contributed by atoms with Crippen LogP contribution in [0.4, 0.5) is 18.9 Å². The zero-order valence-corrected chi connectivity index (χ0v) is 15.4. The van der Waals surface area contributed by atoms with Crippen LogP contribution in [-0.4, -0.2) is 30.8 Å². The van der Waals surface area contributed by atoms with Crippen molar-refractivity contribution in [1.29, 1.82) is 0 Å². The molecule has 0 saturated heterocycles. The third kappa shape index (κ3) is 5.84. The molecule has 0 atom stereocenters. The lowest BCUT2D eigenvalue weighted by molar-refractivity contribution is -0.112. The third-order valence-electron chi connectivity index (χ3n) is 3.99. The summed E-state index contributed by atoms with van der Waals surface area (Å²) in [5, 5.41) is 12.5. The number of carbonyl (C=O) groups excluding carboxylic acids is 1. The first-order valence-electron chi connectivity index (χ1n) is 8.42. The number of benzene rings is 1. The SMILES string of the molecule is CC(C)=C/C=C(\C=C(/C)C(F)(F)F)C(=O)Nc1ccc2c(c1)B(O)OCC2. The Hall–Kier alpha value is -2.32. The maximum Gasteiger partial charge on any atom is 0.491 e. The molecule has 0 saturated carbocycles. The van der Waals surface area contributed by atoms with Gasteiger partial charge in [-0.25, -0.2) is 0 Å². The first-order valence-corrected chi connectivity index (χ1v) is 8.42. The molecule has 27 heavy (non-hydrogen) atoms. The van der Waals surface area contributed by atoms with Gasteiger partial charge >= 0.3 is 13.3 Å². The minimum absolute atomic E-state index is 0.124. The van der Waals surface area contributed by atoms with E-state index >= 15 is 0 Å². The van der Waals surface area contributed by atoms with Crippen LogP contribution in [-0.2, 0) is 15.9 Å². The van der Waals surface area contributed by atoms with Gasteiger partial charge in [0.2, 0.25) is 0 Å². The molecule has 8 heteroatoms. The van der Waals surface area contributed by atoms with Crippen LogP contribution in [0.2, 0.25) is 0 Å². The van der Waals surface area contributed by atoms with Gasteiger partial charge in [0.05, 0.1) is 0 Å². The van der Waals surface area contributed by atoms with Crippen LogP contribution in [0.25, 0.3) is 0 Å². The summed E-state index contributed by atoms with van der Waals surface area (Å²) < 4.78 is 43.7. The minimum atomic E-state index is -4.52. The van der Waals surface area contributed by atoms with Gasteiger partial charge in [0, 0.05) is 23.4 Å². The van der Waals surface area contributed by atoms with Crippen LogP contribution in [0.5, 0.6) is 0 Å². The second-order valence-corrected chi connectivity index (χ2v) is 6.53. The van der Waals surface area contributed by atoms with E-state index in [9.17, 15) is 23.0 Å². The van der Waals surface area contributed by atoms with Crippen LogP contribution >= 0.6 is 0 Å². The highest BCUT2D eigenvalue weighted by atomic mass is 19.4. The zero-order chi connectivity index (χ0) is 20.2. The molecular weight excluding hydrogens is 358 g/mol. The molecule has 1 heterocycles. The molecule has 0 aromatic heterocycles. The lowest BCUT2D eigenvalue weighted by Gasteiger charge is -2.20. The van der Waals surface area contributed by atoms with E-state index in [4.69, 9.17) is 4.65 Å². The van der Waals surface area contributed by atoms with Crippen molar-refractivity contribution >= 4 is 24.2 Å². The van der Waals surface area contributed by atoms with Crippen molar-refractivity contribution in [2.75, 3.05) is 11.9 Å². The van der Waals surface area contributed by atoms with E-state index < -0.39 is 24.8 Å². The first kappa shape index (κ1) is 21.0. The fraction of sp³-hybridized carbons (Fsp3) is 0.316. The quantitative estimate of drug-likeness (QED) is 0.480. The highest BCUT2D eigenvalue weighted by Gasteiger charge is 2.30. The van der Waals surface area contributed by atoms with Gasteiger partial charge in [-0.15, -0.1) is 0 Å². The average molecular weight is 379 g/mol. The van der Waals surface area contributed by atoms with Crippen LogP contribution in [0.3, 0.4) is 0 Å². The number of fused-ring (bicyclic) bond motifs is 1. The molecule has 0 bridgehead atoms. The molecule has 0 aliphatic carbocycles. The Morgan fingerprint density at radius 2 is 1.96 bits per heavy atom. The van der Waals surface area contributed by atoms with Gasteiger partial charge in [0.15, 0.2) is 0 Å². The monoisotopic (exact) mass is 379 g/mol. The van der Waals surface area contributed by atoms with Crippen LogP contribution in [0.15, 0.2) is 53.1 Å². The maximum atomic E-state index is 12.8. The molecule has 0 unspecified atom stereocenters. The van der Waals surface area contributed by atoms with Gasteiger partial charge in [-0.3, -0.25) is 4.79 Å². The van der Waals surface area contributed by atoms with E-state index in [1.807, 2.05) is 0 Å². The number of hydrogen-bond acceptors (Lipinski definition) is 3. The van der Waals surface area contributed by atoms with Gasteiger partial charge in [0.25, 0.3) is 5.91 Å². The van der Waals surface area contributed by atoms with E-state index in [-0.39, 0.29) is 5.57 Å². The summed E-state index contributed by atoms with van der Waals surface area (Å²) in [5.74, 6) is -0.678. The van der Waals surface area contributed by atoms with E-state index in [2.05, 4.69) is 5.32 Å². The predicted octanol–water partition coefficient (Wildman–Crippen LogP) is 3.29. The normalized spacial score (nSPS) is 15.3. The Labute approximate surface area is 156 Å². The van der Waals surface area contributed by atoms with Crippen molar-refractivity contribution in [2.24, 2.45) is 0 Å². The molecule has 0 spiro atoms. The minimum Gasteiger partial charge on any atom is -0.423 e. The molecular formula is C19H21BF3NO3. The Morgan fingerprint density at radius 3 is 2.59 bits per heavy atom. The van der Waals surface area contributed by atoms with E-state index in [0.29, 0.717) is 24.2 Å². The number of alkyl halides is 3. The average Bonchev–Trinajstić information content (AvgIpc) is 2.58. The topological polar surface area (TPSA) is 58.6 Å². The number of carbonyl (C=O) groups is 1. The molecule has 0 radical (unpaired) electrons. The number of allylic oxidation sites excluding steroid dienone is 4. The molecule has 1 aliphatic heterocycles. The summed E-state index contributed by atoms with van der Waals surface area (Å²) in [6.45, 7) is 4.86. The highest BCUT2D eigenvalue weighted by Crippen LogP contribution is 2.26. The fourth-order valence-corrected chi connectivity index (χ4v) is 2.46. The summed E-state index contributed by atoms with van der Waals surface area (Å²) in [6.07, 6.45) is -0.154. The number of amides is 1. The van der Waals surface area contributed by atoms with Crippen LogP contribution < -0.4 is 10.8 Å². The molecule has 1 aromatic rings. The molecule has 2 rings (SSSR count). The Bertz CT molecular complexity index is 809.